The summed E-state index contributed by atoms with van der Waals surface area (Å²) in [5.74, 6) is 0.696. The maximum Gasteiger partial charge on any atom is 0.160 e. The molecule has 0 radical (unpaired) electrons. The molecule has 320 valence electrons. The highest BCUT2D eigenvalue weighted by molar-refractivity contribution is 6.22. The molecule has 0 bridgehead atoms. The van der Waals surface area contributed by atoms with Crippen LogP contribution in [0.25, 0.3) is 138 Å². The van der Waals surface area contributed by atoms with Crippen molar-refractivity contribution < 1.29 is 0 Å². The molecule has 0 aliphatic heterocycles. The first-order chi connectivity index (χ1) is 34.2. The minimum atomic E-state index is 0.696. The van der Waals surface area contributed by atoms with Gasteiger partial charge in [-0.05, 0) is 95.0 Å². The Kier molecular flexibility index (Phi) is 8.00. The van der Waals surface area contributed by atoms with Crippen molar-refractivity contribution in [3.63, 3.8) is 0 Å². The SMILES string of the molecule is c1ccc(-n2c3ccccc3c3cc(-c4nc(-c5ccc6ccc(-n7c8ccccc8c8c(-n9c%10ccccc%10c%10ccccc%109)c9ccccc9cc87)cc6c5)nc5ccccc45)ccc32)cc1. The number of benzene rings is 11. The Morgan fingerprint density at radius 2 is 0.826 bits per heavy atom. The van der Waals surface area contributed by atoms with Crippen LogP contribution >= 0.6 is 0 Å². The van der Waals surface area contributed by atoms with E-state index >= 15 is 0 Å². The second kappa shape index (κ2) is 14.6. The zero-order chi connectivity index (χ0) is 45.2. The van der Waals surface area contributed by atoms with Crippen molar-refractivity contribution >= 4 is 97.9 Å². The van der Waals surface area contributed by atoms with Gasteiger partial charge < -0.3 is 13.7 Å². The molecule has 0 saturated carbocycles. The van der Waals surface area contributed by atoms with Crippen molar-refractivity contribution in [2.24, 2.45) is 0 Å². The maximum absolute atomic E-state index is 5.43. The summed E-state index contributed by atoms with van der Waals surface area (Å²) in [6.45, 7) is 0. The van der Waals surface area contributed by atoms with E-state index in [0.717, 1.165) is 66.4 Å². The van der Waals surface area contributed by atoms with Gasteiger partial charge in [-0.1, -0.05) is 158 Å². The molecule has 4 aromatic heterocycles. The van der Waals surface area contributed by atoms with Gasteiger partial charge in [0.25, 0.3) is 0 Å². The highest BCUT2D eigenvalue weighted by Crippen LogP contribution is 2.44. The summed E-state index contributed by atoms with van der Waals surface area (Å²) in [6, 6.07) is 85.6. The molecule has 0 unspecified atom stereocenters. The molecule has 15 aromatic rings. The monoisotopic (exact) mass is 877 g/mol. The fraction of sp³-hybridized carbons (Fsp3) is 0. The van der Waals surface area contributed by atoms with Crippen LogP contribution in [0.4, 0.5) is 0 Å². The second-order valence-corrected chi connectivity index (χ2v) is 18.1. The highest BCUT2D eigenvalue weighted by Gasteiger charge is 2.23. The molecular formula is C64H39N5. The molecule has 0 spiro atoms. The molecule has 0 N–H and O–H groups in total. The summed E-state index contributed by atoms with van der Waals surface area (Å²) < 4.78 is 7.31. The third-order valence-electron chi connectivity index (χ3n) is 14.4. The topological polar surface area (TPSA) is 40.6 Å². The quantitative estimate of drug-likeness (QED) is 0.173. The van der Waals surface area contributed by atoms with Gasteiger partial charge in [0.15, 0.2) is 5.82 Å². The summed E-state index contributed by atoms with van der Waals surface area (Å²) >= 11 is 0. The zero-order valence-electron chi connectivity index (χ0n) is 37.3. The van der Waals surface area contributed by atoms with E-state index in [0.29, 0.717) is 5.82 Å². The van der Waals surface area contributed by atoms with Gasteiger partial charge >= 0.3 is 0 Å². The van der Waals surface area contributed by atoms with Crippen molar-refractivity contribution in [2.75, 3.05) is 0 Å². The molecule has 0 aliphatic rings. The predicted molar refractivity (Wildman–Crippen MR) is 288 cm³/mol. The minimum absolute atomic E-state index is 0.696. The maximum atomic E-state index is 5.43. The van der Waals surface area contributed by atoms with Gasteiger partial charge in [0.2, 0.25) is 0 Å². The van der Waals surface area contributed by atoms with Crippen LogP contribution in [0.3, 0.4) is 0 Å². The summed E-state index contributed by atoms with van der Waals surface area (Å²) in [5.41, 5.74) is 14.3. The first-order valence-electron chi connectivity index (χ1n) is 23.6. The van der Waals surface area contributed by atoms with E-state index in [1.807, 2.05) is 0 Å². The smallest absolute Gasteiger partial charge is 0.160 e. The Morgan fingerprint density at radius 1 is 0.275 bits per heavy atom. The molecule has 11 aromatic carbocycles. The van der Waals surface area contributed by atoms with Crippen LogP contribution in [-0.4, -0.2) is 23.7 Å². The first-order valence-corrected chi connectivity index (χ1v) is 23.6. The number of hydrogen-bond acceptors (Lipinski definition) is 2. The van der Waals surface area contributed by atoms with Crippen LogP contribution in [-0.2, 0) is 0 Å². The van der Waals surface area contributed by atoms with Crippen molar-refractivity contribution in [3.05, 3.63) is 237 Å². The van der Waals surface area contributed by atoms with Crippen LogP contribution in [0, 0.1) is 0 Å². The molecule has 0 fully saturated rings. The molecule has 0 saturated heterocycles. The summed E-state index contributed by atoms with van der Waals surface area (Å²) in [4.78, 5) is 10.7. The largest absolute Gasteiger partial charge is 0.309 e. The van der Waals surface area contributed by atoms with E-state index < -0.39 is 0 Å². The van der Waals surface area contributed by atoms with E-state index in [1.165, 1.54) is 65.3 Å². The second-order valence-electron chi connectivity index (χ2n) is 18.1. The lowest BCUT2D eigenvalue weighted by atomic mass is 10.0. The lowest BCUT2D eigenvalue weighted by Gasteiger charge is -2.15. The molecule has 0 amide bonds. The lowest BCUT2D eigenvalue weighted by molar-refractivity contribution is 1.18. The number of fused-ring (bicyclic) bond motifs is 12. The van der Waals surface area contributed by atoms with E-state index in [1.54, 1.807) is 0 Å². The molecule has 4 heterocycles. The van der Waals surface area contributed by atoms with Gasteiger partial charge in [-0.3, -0.25) is 0 Å². The third kappa shape index (κ3) is 5.59. The summed E-state index contributed by atoms with van der Waals surface area (Å²) in [7, 11) is 0. The molecular weight excluding hydrogens is 839 g/mol. The lowest BCUT2D eigenvalue weighted by Crippen LogP contribution is -1.98. The first kappa shape index (κ1) is 37.9. The molecule has 0 atom stereocenters. The number of rotatable bonds is 5. The van der Waals surface area contributed by atoms with Crippen molar-refractivity contribution in [3.8, 4) is 39.7 Å². The zero-order valence-corrected chi connectivity index (χ0v) is 37.3. The van der Waals surface area contributed by atoms with Crippen LogP contribution in [0.2, 0.25) is 0 Å². The van der Waals surface area contributed by atoms with E-state index in [2.05, 4.69) is 250 Å². The van der Waals surface area contributed by atoms with Gasteiger partial charge in [0.05, 0.1) is 50.0 Å². The Morgan fingerprint density at radius 3 is 1.58 bits per heavy atom. The van der Waals surface area contributed by atoms with Crippen molar-refractivity contribution in [1.82, 2.24) is 23.7 Å². The van der Waals surface area contributed by atoms with Gasteiger partial charge in [-0.25, -0.2) is 9.97 Å². The van der Waals surface area contributed by atoms with Crippen molar-refractivity contribution in [2.45, 2.75) is 0 Å². The van der Waals surface area contributed by atoms with E-state index in [-0.39, 0.29) is 0 Å². The third-order valence-corrected chi connectivity index (χ3v) is 14.4. The fourth-order valence-corrected chi connectivity index (χ4v) is 11.4. The van der Waals surface area contributed by atoms with E-state index in [9.17, 15) is 0 Å². The summed E-state index contributed by atoms with van der Waals surface area (Å²) in [5, 5.41) is 13.0. The Bertz CT molecular complexity index is 4560. The molecule has 69 heavy (non-hydrogen) atoms. The van der Waals surface area contributed by atoms with Gasteiger partial charge in [-0.15, -0.1) is 0 Å². The van der Waals surface area contributed by atoms with Crippen LogP contribution in [0.15, 0.2) is 237 Å². The van der Waals surface area contributed by atoms with Crippen molar-refractivity contribution in [1.29, 1.82) is 0 Å². The van der Waals surface area contributed by atoms with Gasteiger partial charge in [0, 0.05) is 65.6 Å². The molecule has 5 heteroatoms. The normalized spacial score (nSPS) is 12.1. The molecule has 15 rings (SSSR count). The summed E-state index contributed by atoms with van der Waals surface area (Å²) in [6.07, 6.45) is 0. The highest BCUT2D eigenvalue weighted by atomic mass is 15.0. The van der Waals surface area contributed by atoms with Gasteiger partial charge in [0.1, 0.15) is 0 Å². The average Bonchev–Trinajstić information content (AvgIpc) is 4.05. The minimum Gasteiger partial charge on any atom is -0.309 e. The Hall–Kier alpha value is -9.32. The average molecular weight is 878 g/mol. The number of aromatic nitrogens is 5. The van der Waals surface area contributed by atoms with E-state index in [4.69, 9.17) is 9.97 Å². The Balaban J connectivity index is 0.922. The van der Waals surface area contributed by atoms with Crippen LogP contribution in [0.1, 0.15) is 0 Å². The van der Waals surface area contributed by atoms with Crippen LogP contribution in [0.5, 0.6) is 0 Å². The number of para-hydroxylation sites is 6. The number of hydrogen-bond donors (Lipinski definition) is 0. The predicted octanol–water partition coefficient (Wildman–Crippen LogP) is 16.6. The molecule has 0 aliphatic carbocycles. The number of nitrogens with zero attached hydrogens (tertiary/aromatic N) is 5. The van der Waals surface area contributed by atoms with Crippen LogP contribution < -0.4 is 0 Å². The standard InChI is InChI=1S/C64H39N5/c1-2-17-45(18-3-1)67-55-26-12-9-22-50(55)53-38-42(33-35-59(53)67)62-51-23-6-11-25-54(51)65-64(66-62)43-31-30-40-32-34-46(37-44(40)36-43)68-58-29-15-10-24-52(58)61-60(68)39-41-16-4-5-19-47(41)63(61)69-56-27-13-7-20-48(56)49-21-8-14-28-57(49)69/h1-39H. The van der Waals surface area contributed by atoms with Gasteiger partial charge in [-0.2, -0.15) is 0 Å². The molecule has 5 nitrogen and oxygen atoms in total. The Labute approximate surface area is 396 Å². The fourth-order valence-electron chi connectivity index (χ4n) is 11.4.